The van der Waals surface area contributed by atoms with Crippen LogP contribution in [0.5, 0.6) is 23.0 Å². The van der Waals surface area contributed by atoms with E-state index < -0.39 is 17.3 Å². The summed E-state index contributed by atoms with van der Waals surface area (Å²) in [5.41, 5.74) is 2.86. The normalized spacial score (nSPS) is 14.9. The van der Waals surface area contributed by atoms with Gasteiger partial charge in [-0.2, -0.15) is 0 Å². The Morgan fingerprint density at radius 1 is 0.923 bits per heavy atom. The van der Waals surface area contributed by atoms with Crippen molar-refractivity contribution in [3.05, 3.63) is 80.6 Å². The SMILES string of the molecule is COc1ccc(-c2coc3c4c(cc(O)c3c2=O)OC(=O)C[C@@H]4c2ccc3c(c2)n(C)c(=O)n3C)cc1OC. The third-order valence-electron chi connectivity index (χ3n) is 7.36. The highest BCUT2D eigenvalue weighted by atomic mass is 16.5. The van der Waals surface area contributed by atoms with Gasteiger partial charge < -0.3 is 23.7 Å². The summed E-state index contributed by atoms with van der Waals surface area (Å²) in [6, 6.07) is 11.8. The average Bonchev–Trinajstić information content (AvgIpc) is 3.15. The van der Waals surface area contributed by atoms with E-state index in [2.05, 4.69) is 0 Å². The largest absolute Gasteiger partial charge is 0.507 e. The molecule has 0 amide bonds. The first-order chi connectivity index (χ1) is 18.7. The molecule has 1 aliphatic rings. The number of aryl methyl sites for hydroxylation is 2. The number of esters is 1. The first-order valence-electron chi connectivity index (χ1n) is 12.1. The maximum absolute atomic E-state index is 13.7. The van der Waals surface area contributed by atoms with Crippen LogP contribution in [-0.4, -0.2) is 34.4 Å². The van der Waals surface area contributed by atoms with Gasteiger partial charge in [0.1, 0.15) is 28.7 Å². The van der Waals surface area contributed by atoms with Gasteiger partial charge in [-0.25, -0.2) is 4.79 Å². The number of aromatic hydroxyl groups is 1. The van der Waals surface area contributed by atoms with Crippen molar-refractivity contribution >= 4 is 28.0 Å². The number of ether oxygens (including phenoxy) is 3. The molecule has 1 N–H and O–H groups in total. The van der Waals surface area contributed by atoms with Gasteiger partial charge in [-0.05, 0) is 35.4 Å². The lowest BCUT2D eigenvalue weighted by Gasteiger charge is -2.26. The van der Waals surface area contributed by atoms with Gasteiger partial charge in [0, 0.05) is 31.6 Å². The smallest absolute Gasteiger partial charge is 0.328 e. The van der Waals surface area contributed by atoms with E-state index in [1.807, 2.05) is 18.2 Å². The van der Waals surface area contributed by atoms with Crippen molar-refractivity contribution in [2.75, 3.05) is 14.2 Å². The maximum atomic E-state index is 13.7. The van der Waals surface area contributed by atoms with Gasteiger partial charge in [-0.1, -0.05) is 12.1 Å². The number of methoxy groups -OCH3 is 2. The molecule has 0 saturated heterocycles. The van der Waals surface area contributed by atoms with Crippen molar-refractivity contribution in [1.82, 2.24) is 9.13 Å². The standard InChI is InChI=1S/C29H24N2O8/c1-30-18-7-5-14(9-19(18)31(2)29(30)35)16-11-24(33)39-23-12-20(32)26-27(34)17(13-38-28(26)25(16)23)15-6-8-21(36-3)22(10-15)37-4/h5-10,12-13,16,32H,11H2,1-4H3/t16-/m1/s1. The summed E-state index contributed by atoms with van der Waals surface area (Å²) in [6.07, 6.45) is 1.31. The van der Waals surface area contributed by atoms with Crippen LogP contribution in [0.1, 0.15) is 23.5 Å². The molecule has 0 saturated carbocycles. The lowest BCUT2D eigenvalue weighted by Crippen LogP contribution is -2.22. The second kappa shape index (κ2) is 8.80. The van der Waals surface area contributed by atoms with Gasteiger partial charge in [0.15, 0.2) is 11.5 Å². The molecule has 5 aromatic rings. The zero-order chi connectivity index (χ0) is 27.6. The third kappa shape index (κ3) is 3.59. The summed E-state index contributed by atoms with van der Waals surface area (Å²) in [4.78, 5) is 38.8. The second-order valence-corrected chi connectivity index (χ2v) is 9.44. The number of phenols is 1. The Kier molecular flexibility index (Phi) is 5.49. The van der Waals surface area contributed by atoms with E-state index in [1.165, 1.54) is 31.1 Å². The number of hydrogen-bond donors (Lipinski definition) is 1. The second-order valence-electron chi connectivity index (χ2n) is 9.44. The Labute approximate surface area is 221 Å². The first kappa shape index (κ1) is 24.4. The Morgan fingerprint density at radius 3 is 2.41 bits per heavy atom. The van der Waals surface area contributed by atoms with Gasteiger partial charge >= 0.3 is 11.7 Å². The molecule has 1 aliphatic heterocycles. The van der Waals surface area contributed by atoms with Crippen molar-refractivity contribution in [1.29, 1.82) is 0 Å². The number of carbonyl (C=O) groups excluding carboxylic acids is 1. The lowest BCUT2D eigenvalue weighted by molar-refractivity contribution is -0.135. The fraction of sp³-hybridized carbons (Fsp3) is 0.207. The van der Waals surface area contributed by atoms with Crippen LogP contribution in [-0.2, 0) is 18.9 Å². The zero-order valence-corrected chi connectivity index (χ0v) is 21.6. The Hall–Kier alpha value is -4.99. The molecule has 0 spiro atoms. The summed E-state index contributed by atoms with van der Waals surface area (Å²) in [5.74, 6) is -0.348. The summed E-state index contributed by atoms with van der Waals surface area (Å²) in [5, 5.41) is 10.8. The molecule has 3 aromatic carbocycles. The van der Waals surface area contributed by atoms with Crippen molar-refractivity contribution in [3.63, 3.8) is 0 Å². The highest BCUT2D eigenvalue weighted by molar-refractivity contribution is 5.94. The number of carbonyl (C=O) groups is 1. The van der Waals surface area contributed by atoms with Crippen LogP contribution >= 0.6 is 0 Å². The van der Waals surface area contributed by atoms with E-state index in [0.29, 0.717) is 28.1 Å². The van der Waals surface area contributed by atoms with Gasteiger partial charge in [-0.3, -0.25) is 18.7 Å². The van der Waals surface area contributed by atoms with Gasteiger partial charge in [0.05, 0.1) is 37.2 Å². The quantitative estimate of drug-likeness (QED) is 0.276. The third-order valence-corrected chi connectivity index (χ3v) is 7.36. The number of rotatable bonds is 4. The zero-order valence-electron chi connectivity index (χ0n) is 21.6. The number of phenolic OH excluding ortho intramolecular Hbond substituents is 1. The van der Waals surface area contributed by atoms with Gasteiger partial charge in [0.2, 0.25) is 5.43 Å². The Bertz CT molecular complexity index is 1950. The van der Waals surface area contributed by atoms with Gasteiger partial charge in [-0.15, -0.1) is 0 Å². The lowest BCUT2D eigenvalue weighted by atomic mass is 9.84. The van der Waals surface area contributed by atoms with Crippen molar-refractivity contribution in [3.8, 4) is 34.1 Å². The topological polar surface area (TPSA) is 122 Å². The molecule has 0 unspecified atom stereocenters. The van der Waals surface area contributed by atoms with Crippen molar-refractivity contribution in [2.24, 2.45) is 14.1 Å². The van der Waals surface area contributed by atoms with Crippen LogP contribution in [0.3, 0.4) is 0 Å². The van der Waals surface area contributed by atoms with Crippen molar-refractivity contribution in [2.45, 2.75) is 12.3 Å². The highest BCUT2D eigenvalue weighted by Gasteiger charge is 2.34. The molecule has 3 heterocycles. The fourth-order valence-corrected chi connectivity index (χ4v) is 5.36. The molecule has 0 radical (unpaired) electrons. The molecule has 6 rings (SSSR count). The summed E-state index contributed by atoms with van der Waals surface area (Å²) < 4.78 is 25.2. The van der Waals surface area contributed by atoms with Crippen LogP contribution in [0, 0.1) is 0 Å². The minimum atomic E-state index is -0.542. The highest BCUT2D eigenvalue weighted by Crippen LogP contribution is 2.46. The molecular weight excluding hydrogens is 504 g/mol. The maximum Gasteiger partial charge on any atom is 0.328 e. The Morgan fingerprint density at radius 2 is 1.67 bits per heavy atom. The van der Waals surface area contributed by atoms with Gasteiger partial charge in [0.25, 0.3) is 0 Å². The van der Waals surface area contributed by atoms with Crippen LogP contribution in [0.15, 0.2) is 62.7 Å². The van der Waals surface area contributed by atoms with E-state index in [9.17, 15) is 19.5 Å². The predicted molar refractivity (Wildman–Crippen MR) is 143 cm³/mol. The molecule has 0 fully saturated rings. The van der Waals surface area contributed by atoms with E-state index in [-0.39, 0.29) is 40.1 Å². The molecule has 1 atom stereocenters. The molecular formula is C29H24N2O8. The number of benzene rings is 3. The number of nitrogens with zero attached hydrogens (tertiary/aromatic N) is 2. The summed E-state index contributed by atoms with van der Waals surface area (Å²) in [7, 11) is 6.38. The monoisotopic (exact) mass is 528 g/mol. The van der Waals surface area contributed by atoms with Crippen LogP contribution in [0.4, 0.5) is 0 Å². The molecule has 2 aromatic heterocycles. The number of aromatic nitrogens is 2. The number of hydrogen-bond acceptors (Lipinski definition) is 8. The molecule has 0 bridgehead atoms. The van der Waals surface area contributed by atoms with Crippen LogP contribution in [0.2, 0.25) is 0 Å². The molecule has 10 heteroatoms. The minimum Gasteiger partial charge on any atom is -0.507 e. The molecule has 0 aliphatic carbocycles. The molecule has 10 nitrogen and oxygen atoms in total. The Balaban J connectivity index is 1.58. The fourth-order valence-electron chi connectivity index (χ4n) is 5.36. The first-order valence-corrected chi connectivity index (χ1v) is 12.1. The van der Waals surface area contributed by atoms with E-state index in [0.717, 1.165) is 11.1 Å². The average molecular weight is 529 g/mol. The van der Waals surface area contributed by atoms with Crippen LogP contribution < -0.4 is 25.3 Å². The summed E-state index contributed by atoms with van der Waals surface area (Å²) in [6.45, 7) is 0. The molecule has 198 valence electrons. The summed E-state index contributed by atoms with van der Waals surface area (Å²) >= 11 is 0. The van der Waals surface area contributed by atoms with Crippen molar-refractivity contribution < 1.29 is 28.5 Å². The van der Waals surface area contributed by atoms with Crippen LogP contribution in [0.25, 0.3) is 33.1 Å². The number of imidazole rings is 1. The van der Waals surface area contributed by atoms with E-state index in [4.69, 9.17) is 18.6 Å². The number of fused-ring (bicyclic) bond motifs is 4. The molecule has 39 heavy (non-hydrogen) atoms. The van der Waals surface area contributed by atoms with E-state index >= 15 is 0 Å². The minimum absolute atomic E-state index is 0.0136. The predicted octanol–water partition coefficient (Wildman–Crippen LogP) is 3.81. The van der Waals surface area contributed by atoms with E-state index in [1.54, 1.807) is 36.9 Å².